The van der Waals surface area contributed by atoms with Gasteiger partial charge in [-0.1, -0.05) is 29.8 Å². The molecular formula is C15H13NO3. The molecule has 0 radical (unpaired) electrons. The fourth-order valence-corrected chi connectivity index (χ4v) is 2.12. The molecule has 0 aromatic heterocycles. The van der Waals surface area contributed by atoms with Gasteiger partial charge < -0.3 is 0 Å². The molecule has 0 aliphatic rings. The van der Waals surface area contributed by atoms with Gasteiger partial charge in [0.05, 0.1) is 10.5 Å². The van der Waals surface area contributed by atoms with E-state index in [1.165, 1.54) is 6.07 Å². The van der Waals surface area contributed by atoms with Gasteiger partial charge in [-0.15, -0.1) is 0 Å². The highest BCUT2D eigenvalue weighted by Gasteiger charge is 2.17. The molecule has 0 saturated heterocycles. The summed E-state index contributed by atoms with van der Waals surface area (Å²) in [4.78, 5) is 21.4. The molecule has 4 heteroatoms. The van der Waals surface area contributed by atoms with Gasteiger partial charge in [-0.3, -0.25) is 14.9 Å². The van der Waals surface area contributed by atoms with Gasteiger partial charge in [-0.05, 0) is 31.0 Å². The Labute approximate surface area is 110 Å². The van der Waals surface area contributed by atoms with Crippen molar-refractivity contribution < 1.29 is 9.72 Å². The maximum atomic E-state index is 11.1. The van der Waals surface area contributed by atoms with Gasteiger partial charge in [0.15, 0.2) is 0 Å². The first-order chi connectivity index (χ1) is 9.02. The molecule has 96 valence electrons. The summed E-state index contributed by atoms with van der Waals surface area (Å²) in [5, 5.41) is 11.1. The van der Waals surface area contributed by atoms with Crippen LogP contribution in [0.4, 0.5) is 5.69 Å². The molecule has 2 aromatic rings. The molecule has 0 spiro atoms. The molecule has 0 aliphatic heterocycles. The minimum absolute atomic E-state index is 0.0449. The van der Waals surface area contributed by atoms with Crippen molar-refractivity contribution in [3.63, 3.8) is 0 Å². The van der Waals surface area contributed by atoms with Crippen molar-refractivity contribution in [2.75, 3.05) is 0 Å². The van der Waals surface area contributed by atoms with Gasteiger partial charge in [0.25, 0.3) is 5.69 Å². The zero-order chi connectivity index (χ0) is 14.0. The van der Waals surface area contributed by atoms with E-state index in [0.29, 0.717) is 17.4 Å². The van der Waals surface area contributed by atoms with Crippen molar-refractivity contribution in [1.82, 2.24) is 0 Å². The number of nitrogens with zero attached hydrogens (tertiary/aromatic N) is 1. The molecule has 0 atom stereocenters. The van der Waals surface area contributed by atoms with Crippen LogP contribution in [0.25, 0.3) is 11.1 Å². The lowest BCUT2D eigenvalue weighted by Gasteiger charge is -2.08. The zero-order valence-corrected chi connectivity index (χ0v) is 10.7. The lowest BCUT2D eigenvalue weighted by Crippen LogP contribution is -1.95. The number of aryl methyl sites for hydroxylation is 2. The number of nitro benzene ring substituents is 1. The predicted molar refractivity (Wildman–Crippen MR) is 73.4 cm³/mol. The summed E-state index contributed by atoms with van der Waals surface area (Å²) in [6.07, 6.45) is 0.610. The fraction of sp³-hybridized carbons (Fsp3) is 0.133. The molecule has 0 fully saturated rings. The van der Waals surface area contributed by atoms with Crippen LogP contribution in [0.3, 0.4) is 0 Å². The van der Waals surface area contributed by atoms with Crippen LogP contribution in [0.1, 0.15) is 21.5 Å². The predicted octanol–water partition coefficient (Wildman–Crippen LogP) is 3.69. The van der Waals surface area contributed by atoms with Crippen molar-refractivity contribution in [3.05, 3.63) is 63.2 Å². The van der Waals surface area contributed by atoms with Crippen molar-refractivity contribution in [2.45, 2.75) is 13.8 Å². The SMILES string of the molecule is Cc1ccc(-c2ccc(C=O)cc2[N+](=O)[O-])c(C)c1. The van der Waals surface area contributed by atoms with Crippen LogP contribution in [0, 0.1) is 24.0 Å². The molecular weight excluding hydrogens is 242 g/mol. The highest BCUT2D eigenvalue weighted by molar-refractivity contribution is 5.83. The Morgan fingerprint density at radius 3 is 2.32 bits per heavy atom. The summed E-state index contributed by atoms with van der Waals surface area (Å²) >= 11 is 0. The van der Waals surface area contributed by atoms with Crippen LogP contribution in [0.5, 0.6) is 0 Å². The van der Waals surface area contributed by atoms with Crippen LogP contribution in [0.2, 0.25) is 0 Å². The van der Waals surface area contributed by atoms with Crippen LogP contribution < -0.4 is 0 Å². The Bertz CT molecular complexity index is 662. The van der Waals surface area contributed by atoms with E-state index in [-0.39, 0.29) is 5.69 Å². The van der Waals surface area contributed by atoms with E-state index in [9.17, 15) is 14.9 Å². The summed E-state index contributed by atoms with van der Waals surface area (Å²) in [7, 11) is 0. The minimum Gasteiger partial charge on any atom is -0.298 e. The Kier molecular flexibility index (Phi) is 3.42. The smallest absolute Gasteiger partial charge is 0.277 e. The van der Waals surface area contributed by atoms with E-state index in [4.69, 9.17) is 0 Å². The molecule has 0 heterocycles. The largest absolute Gasteiger partial charge is 0.298 e. The second-order valence-corrected chi connectivity index (χ2v) is 4.47. The molecule has 0 unspecified atom stereocenters. The Morgan fingerprint density at radius 2 is 1.74 bits per heavy atom. The van der Waals surface area contributed by atoms with E-state index >= 15 is 0 Å². The quantitative estimate of drug-likeness (QED) is 0.477. The zero-order valence-electron chi connectivity index (χ0n) is 10.7. The lowest BCUT2D eigenvalue weighted by molar-refractivity contribution is -0.384. The summed E-state index contributed by atoms with van der Waals surface area (Å²) in [6, 6.07) is 10.3. The van der Waals surface area contributed by atoms with E-state index < -0.39 is 4.92 Å². The Hall–Kier alpha value is -2.49. The van der Waals surface area contributed by atoms with Gasteiger partial charge in [0, 0.05) is 11.6 Å². The molecule has 0 saturated carbocycles. The normalized spacial score (nSPS) is 10.2. The van der Waals surface area contributed by atoms with Gasteiger partial charge in [0.1, 0.15) is 6.29 Å². The van der Waals surface area contributed by atoms with Gasteiger partial charge in [-0.2, -0.15) is 0 Å². The second kappa shape index (κ2) is 5.02. The lowest BCUT2D eigenvalue weighted by atomic mass is 9.96. The van der Waals surface area contributed by atoms with Crippen LogP contribution in [-0.2, 0) is 0 Å². The highest BCUT2D eigenvalue weighted by Crippen LogP contribution is 2.32. The third kappa shape index (κ3) is 2.52. The molecule has 0 amide bonds. The first kappa shape index (κ1) is 13.0. The van der Waals surface area contributed by atoms with Crippen molar-refractivity contribution in [1.29, 1.82) is 0 Å². The number of aldehydes is 1. The monoisotopic (exact) mass is 255 g/mol. The van der Waals surface area contributed by atoms with Crippen LogP contribution in [-0.4, -0.2) is 11.2 Å². The van der Waals surface area contributed by atoms with Crippen LogP contribution >= 0.6 is 0 Å². The van der Waals surface area contributed by atoms with Crippen LogP contribution in [0.15, 0.2) is 36.4 Å². The Balaban J connectivity index is 2.67. The third-order valence-electron chi connectivity index (χ3n) is 3.03. The fourth-order valence-electron chi connectivity index (χ4n) is 2.12. The van der Waals surface area contributed by atoms with Gasteiger partial charge in [-0.25, -0.2) is 0 Å². The Morgan fingerprint density at radius 1 is 1.05 bits per heavy atom. The van der Waals surface area contributed by atoms with E-state index in [1.807, 2.05) is 32.0 Å². The molecule has 0 N–H and O–H groups in total. The van der Waals surface area contributed by atoms with E-state index in [0.717, 1.165) is 16.7 Å². The molecule has 2 aromatic carbocycles. The van der Waals surface area contributed by atoms with Gasteiger partial charge >= 0.3 is 0 Å². The summed E-state index contributed by atoms with van der Waals surface area (Å²) in [5.41, 5.74) is 3.69. The van der Waals surface area contributed by atoms with Crippen molar-refractivity contribution in [3.8, 4) is 11.1 Å². The molecule has 2 rings (SSSR count). The highest BCUT2D eigenvalue weighted by atomic mass is 16.6. The van der Waals surface area contributed by atoms with E-state index in [2.05, 4.69) is 0 Å². The molecule has 4 nitrogen and oxygen atoms in total. The number of rotatable bonds is 3. The summed E-state index contributed by atoms with van der Waals surface area (Å²) < 4.78 is 0. The minimum atomic E-state index is -0.457. The third-order valence-corrected chi connectivity index (χ3v) is 3.03. The summed E-state index contributed by atoms with van der Waals surface area (Å²) in [5.74, 6) is 0. The molecule has 0 bridgehead atoms. The number of carbonyl (C=O) groups excluding carboxylic acids is 1. The number of nitro groups is 1. The molecule has 0 aliphatic carbocycles. The van der Waals surface area contributed by atoms with Crippen molar-refractivity contribution in [2.24, 2.45) is 0 Å². The number of hydrogen-bond donors (Lipinski definition) is 0. The standard InChI is InChI=1S/C15H13NO3/c1-10-3-5-13(11(2)7-10)14-6-4-12(9-17)8-15(14)16(18)19/h3-9H,1-2H3. The topological polar surface area (TPSA) is 60.2 Å². The first-order valence-electron chi connectivity index (χ1n) is 5.84. The average Bonchev–Trinajstić information content (AvgIpc) is 2.38. The molecule has 19 heavy (non-hydrogen) atoms. The van der Waals surface area contributed by atoms with Crippen molar-refractivity contribution >= 4 is 12.0 Å². The van der Waals surface area contributed by atoms with Gasteiger partial charge in [0.2, 0.25) is 0 Å². The average molecular weight is 255 g/mol. The summed E-state index contributed by atoms with van der Waals surface area (Å²) in [6.45, 7) is 3.89. The number of benzene rings is 2. The number of carbonyl (C=O) groups is 1. The maximum absolute atomic E-state index is 11.1. The first-order valence-corrected chi connectivity index (χ1v) is 5.84. The second-order valence-electron chi connectivity index (χ2n) is 4.47. The van der Waals surface area contributed by atoms with E-state index in [1.54, 1.807) is 12.1 Å². The maximum Gasteiger partial charge on any atom is 0.277 e. The number of hydrogen-bond acceptors (Lipinski definition) is 3.